The molecule has 9 heteroatoms. The topological polar surface area (TPSA) is 147 Å². The quantitative estimate of drug-likeness (QED) is 0.485. The summed E-state index contributed by atoms with van der Waals surface area (Å²) in [7, 11) is 0. The van der Waals surface area contributed by atoms with Gasteiger partial charge >= 0.3 is 5.97 Å². The van der Waals surface area contributed by atoms with Crippen molar-refractivity contribution >= 4 is 16.9 Å². The van der Waals surface area contributed by atoms with E-state index >= 15 is 0 Å². The highest BCUT2D eigenvalue weighted by atomic mass is 16.7. The number of para-hydroxylation sites is 1. The van der Waals surface area contributed by atoms with Crippen LogP contribution in [0.1, 0.15) is 0 Å². The van der Waals surface area contributed by atoms with Crippen LogP contribution in [0, 0.1) is 0 Å². The lowest BCUT2D eigenvalue weighted by Crippen LogP contribution is -2.61. The Kier molecular flexibility index (Phi) is 5.27. The van der Waals surface area contributed by atoms with Gasteiger partial charge < -0.3 is 34.3 Å². The molecule has 4 rings (SSSR count). The summed E-state index contributed by atoms with van der Waals surface area (Å²) in [5.74, 6) is -0.939. The fourth-order valence-corrected chi connectivity index (χ4v) is 3.23. The minimum atomic E-state index is -1.80. The zero-order valence-electron chi connectivity index (χ0n) is 15.4. The van der Waals surface area contributed by atoms with Gasteiger partial charge in [-0.05, 0) is 36.4 Å². The monoisotopic (exact) mass is 414 g/mol. The van der Waals surface area contributed by atoms with Crippen LogP contribution in [0.2, 0.25) is 0 Å². The third-order valence-corrected chi connectivity index (χ3v) is 4.84. The van der Waals surface area contributed by atoms with E-state index in [1.165, 1.54) is 18.2 Å². The average molecular weight is 414 g/mol. The lowest BCUT2D eigenvalue weighted by molar-refractivity contribution is -0.271. The maximum absolute atomic E-state index is 12.3. The number of carboxylic acid groups (broad SMARTS) is 1. The second kappa shape index (κ2) is 7.88. The Balaban J connectivity index is 1.55. The van der Waals surface area contributed by atoms with E-state index in [1.54, 1.807) is 36.4 Å². The highest BCUT2D eigenvalue weighted by Gasteiger charge is 2.48. The van der Waals surface area contributed by atoms with Gasteiger partial charge in [-0.2, -0.15) is 0 Å². The molecule has 0 saturated carbocycles. The second-order valence-electron chi connectivity index (χ2n) is 6.85. The number of hydrogen-bond donors (Lipinski definition) is 4. The number of ether oxygens (including phenoxy) is 2. The molecule has 4 N–H and O–H groups in total. The van der Waals surface area contributed by atoms with Crippen molar-refractivity contribution in [2.75, 3.05) is 0 Å². The largest absolute Gasteiger partial charge is 0.479 e. The van der Waals surface area contributed by atoms with E-state index in [4.69, 9.17) is 19.0 Å². The van der Waals surface area contributed by atoms with Gasteiger partial charge in [-0.25, -0.2) is 4.79 Å². The molecule has 0 spiro atoms. The first-order chi connectivity index (χ1) is 14.3. The minimum absolute atomic E-state index is 0.182. The SMILES string of the molecule is O=C(O)[C@H]1O[C@@H](Oc2ccc(-c3cc(=O)c4ccccc4o3)cc2)[C@H](O)[C@@H](O)[C@@H]1O. The highest BCUT2D eigenvalue weighted by Crippen LogP contribution is 2.27. The average Bonchev–Trinajstić information content (AvgIpc) is 2.74. The first kappa shape index (κ1) is 20.0. The molecule has 0 unspecified atom stereocenters. The summed E-state index contributed by atoms with van der Waals surface area (Å²) in [5, 5.41) is 39.2. The van der Waals surface area contributed by atoms with Crippen LogP contribution in [0.4, 0.5) is 0 Å². The molecular weight excluding hydrogens is 396 g/mol. The normalized spacial score (nSPS) is 26.4. The summed E-state index contributed by atoms with van der Waals surface area (Å²) in [6, 6.07) is 14.5. The lowest BCUT2D eigenvalue weighted by Gasteiger charge is -2.38. The van der Waals surface area contributed by atoms with Crippen molar-refractivity contribution in [3.63, 3.8) is 0 Å². The summed E-state index contributed by atoms with van der Waals surface area (Å²) in [6.07, 6.45) is -8.46. The Bertz CT molecular complexity index is 1120. The molecule has 3 aromatic rings. The number of hydrogen-bond acceptors (Lipinski definition) is 8. The van der Waals surface area contributed by atoms with Gasteiger partial charge in [0.1, 0.15) is 35.4 Å². The van der Waals surface area contributed by atoms with E-state index in [0.717, 1.165) is 0 Å². The zero-order valence-corrected chi connectivity index (χ0v) is 15.4. The molecule has 1 aliphatic heterocycles. The van der Waals surface area contributed by atoms with Crippen molar-refractivity contribution in [2.45, 2.75) is 30.7 Å². The van der Waals surface area contributed by atoms with Crippen LogP contribution in [0.25, 0.3) is 22.3 Å². The fourth-order valence-electron chi connectivity index (χ4n) is 3.23. The summed E-state index contributed by atoms with van der Waals surface area (Å²) in [4.78, 5) is 23.4. The lowest BCUT2D eigenvalue weighted by atomic mass is 9.99. The van der Waals surface area contributed by atoms with Crippen molar-refractivity contribution in [3.05, 3.63) is 64.8 Å². The Morgan fingerprint density at radius 2 is 1.63 bits per heavy atom. The van der Waals surface area contributed by atoms with Crippen molar-refractivity contribution in [1.82, 2.24) is 0 Å². The fraction of sp³-hybridized carbons (Fsp3) is 0.238. The van der Waals surface area contributed by atoms with Gasteiger partial charge in [-0.15, -0.1) is 0 Å². The molecule has 0 amide bonds. The number of carbonyl (C=O) groups is 1. The Labute approximate surface area is 169 Å². The third kappa shape index (κ3) is 3.66. The van der Waals surface area contributed by atoms with Crippen molar-refractivity contribution < 1.29 is 39.1 Å². The summed E-state index contributed by atoms with van der Waals surface area (Å²) < 4.78 is 16.3. The predicted molar refractivity (Wildman–Crippen MR) is 103 cm³/mol. The molecule has 1 saturated heterocycles. The number of aliphatic hydroxyl groups is 3. The first-order valence-corrected chi connectivity index (χ1v) is 9.07. The van der Waals surface area contributed by atoms with E-state index in [-0.39, 0.29) is 11.2 Å². The minimum Gasteiger partial charge on any atom is -0.479 e. The molecule has 0 bridgehead atoms. The summed E-state index contributed by atoms with van der Waals surface area (Å²) >= 11 is 0. The van der Waals surface area contributed by atoms with E-state index in [0.29, 0.717) is 22.3 Å². The van der Waals surface area contributed by atoms with Gasteiger partial charge in [-0.1, -0.05) is 12.1 Å². The number of rotatable bonds is 4. The highest BCUT2D eigenvalue weighted by molar-refractivity contribution is 5.78. The van der Waals surface area contributed by atoms with Gasteiger partial charge in [0, 0.05) is 11.6 Å². The van der Waals surface area contributed by atoms with Gasteiger partial charge in [0.2, 0.25) is 6.29 Å². The number of benzene rings is 2. The van der Waals surface area contributed by atoms with Crippen molar-refractivity contribution in [1.29, 1.82) is 0 Å². The molecule has 0 radical (unpaired) electrons. The first-order valence-electron chi connectivity index (χ1n) is 9.07. The van der Waals surface area contributed by atoms with Crippen LogP contribution in [0.3, 0.4) is 0 Å². The molecule has 2 aromatic carbocycles. The number of carboxylic acids is 1. The van der Waals surface area contributed by atoms with Crippen molar-refractivity contribution in [2.24, 2.45) is 0 Å². The molecule has 156 valence electrons. The van der Waals surface area contributed by atoms with Crippen LogP contribution in [-0.4, -0.2) is 57.1 Å². The van der Waals surface area contributed by atoms with E-state index < -0.39 is 36.7 Å². The van der Waals surface area contributed by atoms with Gasteiger partial charge in [0.15, 0.2) is 11.5 Å². The van der Waals surface area contributed by atoms with Gasteiger partial charge in [0.05, 0.1) is 5.39 Å². The third-order valence-electron chi connectivity index (χ3n) is 4.84. The molecule has 5 atom stereocenters. The number of aliphatic hydroxyl groups excluding tert-OH is 3. The molecule has 30 heavy (non-hydrogen) atoms. The van der Waals surface area contributed by atoms with E-state index in [1.807, 2.05) is 0 Å². The van der Waals surface area contributed by atoms with Gasteiger partial charge in [0.25, 0.3) is 0 Å². The van der Waals surface area contributed by atoms with E-state index in [9.17, 15) is 24.9 Å². The Morgan fingerprint density at radius 1 is 0.933 bits per heavy atom. The maximum atomic E-state index is 12.3. The second-order valence-corrected chi connectivity index (χ2v) is 6.85. The molecule has 2 heterocycles. The predicted octanol–water partition coefficient (Wildman–Crippen LogP) is 0.731. The van der Waals surface area contributed by atoms with Gasteiger partial charge in [-0.3, -0.25) is 4.79 Å². The maximum Gasteiger partial charge on any atom is 0.335 e. The van der Waals surface area contributed by atoms with Crippen LogP contribution in [0.15, 0.2) is 63.8 Å². The van der Waals surface area contributed by atoms with Crippen LogP contribution >= 0.6 is 0 Å². The molecule has 0 aliphatic carbocycles. The zero-order chi connectivity index (χ0) is 21.4. The smallest absolute Gasteiger partial charge is 0.335 e. The molecular formula is C21H18O9. The Morgan fingerprint density at radius 3 is 2.33 bits per heavy atom. The molecule has 1 aromatic heterocycles. The van der Waals surface area contributed by atoms with Crippen molar-refractivity contribution in [3.8, 4) is 17.1 Å². The van der Waals surface area contributed by atoms with Crippen LogP contribution in [-0.2, 0) is 9.53 Å². The molecule has 1 aliphatic rings. The summed E-state index contributed by atoms with van der Waals surface area (Å²) in [6.45, 7) is 0. The van der Waals surface area contributed by atoms with E-state index in [2.05, 4.69) is 0 Å². The standard InChI is InChI=1S/C21H18O9/c22-13-9-15(29-14-4-2-1-3-12(13)14)10-5-7-11(8-6-10)28-21-18(25)16(23)17(24)19(30-21)20(26)27/h1-9,16-19,21,23-25H,(H,26,27)/t16-,17-,18+,19-,21+/m0/s1. The molecule has 9 nitrogen and oxygen atoms in total. The Hall–Kier alpha value is -3.24. The number of fused-ring (bicyclic) bond motifs is 1. The van der Waals surface area contributed by atoms with Crippen LogP contribution in [0.5, 0.6) is 5.75 Å². The molecule has 1 fully saturated rings. The summed E-state index contributed by atoms with van der Waals surface area (Å²) in [5.41, 5.74) is 0.860. The van der Waals surface area contributed by atoms with Crippen LogP contribution < -0.4 is 10.2 Å². The number of aliphatic carboxylic acids is 1.